The normalized spacial score (nSPS) is 12.0. The van der Waals surface area contributed by atoms with Gasteiger partial charge in [-0.25, -0.2) is 14.4 Å². The molecule has 6 nitrogen and oxygen atoms in total. The molecule has 0 saturated carbocycles. The lowest BCUT2D eigenvalue weighted by Gasteiger charge is -2.16. The second kappa shape index (κ2) is 7.79. The third kappa shape index (κ3) is 3.85. The van der Waals surface area contributed by atoms with E-state index in [1.54, 1.807) is 19.2 Å². The monoisotopic (exact) mass is 389 g/mol. The molecule has 0 amide bonds. The summed E-state index contributed by atoms with van der Waals surface area (Å²) >= 11 is 0. The maximum Gasteiger partial charge on any atom is 0.145 e. The highest BCUT2D eigenvalue weighted by molar-refractivity contribution is 5.96. The number of methoxy groups -OCH3 is 1. The van der Waals surface area contributed by atoms with Gasteiger partial charge >= 0.3 is 0 Å². The van der Waals surface area contributed by atoms with Crippen molar-refractivity contribution in [2.75, 3.05) is 12.4 Å². The van der Waals surface area contributed by atoms with Crippen LogP contribution < -0.4 is 10.1 Å². The average Bonchev–Trinajstić information content (AvgIpc) is 2.74. The second-order valence-electron chi connectivity index (χ2n) is 6.77. The van der Waals surface area contributed by atoms with Crippen LogP contribution in [-0.2, 0) is 0 Å². The third-order valence-electron chi connectivity index (χ3n) is 4.72. The number of anilines is 1. The van der Waals surface area contributed by atoms with Gasteiger partial charge in [0.25, 0.3) is 0 Å². The summed E-state index contributed by atoms with van der Waals surface area (Å²) in [6.45, 7) is 3.89. The molecule has 0 unspecified atom stereocenters. The van der Waals surface area contributed by atoms with Crippen LogP contribution in [0.2, 0.25) is 0 Å². The number of benzene rings is 2. The van der Waals surface area contributed by atoms with Crippen LogP contribution in [0, 0.1) is 12.7 Å². The van der Waals surface area contributed by atoms with Gasteiger partial charge in [0.2, 0.25) is 0 Å². The highest BCUT2D eigenvalue weighted by Gasteiger charge is 2.15. The van der Waals surface area contributed by atoms with Crippen LogP contribution >= 0.6 is 0 Å². The fourth-order valence-electron chi connectivity index (χ4n) is 3.13. The van der Waals surface area contributed by atoms with Gasteiger partial charge in [0, 0.05) is 5.39 Å². The van der Waals surface area contributed by atoms with E-state index < -0.39 is 0 Å². The zero-order chi connectivity index (χ0) is 20.4. The molecule has 0 radical (unpaired) electrons. The molecule has 4 aromatic rings. The molecule has 0 aliphatic heterocycles. The SMILES string of the molecule is COc1cc(-c2ccc(F)cc2)cc2c(N[C@H](C)c3ccc(C)nn3)ncnc12. The molecule has 0 aliphatic rings. The van der Waals surface area contributed by atoms with Gasteiger partial charge < -0.3 is 10.1 Å². The van der Waals surface area contributed by atoms with Crippen LogP contribution in [0.3, 0.4) is 0 Å². The minimum atomic E-state index is -0.278. The van der Waals surface area contributed by atoms with Gasteiger partial charge in [-0.05, 0) is 61.4 Å². The predicted molar refractivity (Wildman–Crippen MR) is 110 cm³/mol. The highest BCUT2D eigenvalue weighted by atomic mass is 19.1. The lowest BCUT2D eigenvalue weighted by Crippen LogP contribution is -2.11. The van der Waals surface area contributed by atoms with Crippen molar-refractivity contribution in [3.05, 3.63) is 72.1 Å². The molecular weight excluding hydrogens is 369 g/mol. The zero-order valence-corrected chi connectivity index (χ0v) is 16.3. The number of nitrogens with zero attached hydrogens (tertiary/aromatic N) is 4. The Morgan fingerprint density at radius 3 is 2.45 bits per heavy atom. The van der Waals surface area contributed by atoms with Crippen LogP contribution in [0.4, 0.5) is 10.2 Å². The van der Waals surface area contributed by atoms with E-state index in [2.05, 4.69) is 25.5 Å². The maximum atomic E-state index is 13.3. The van der Waals surface area contributed by atoms with E-state index in [4.69, 9.17) is 4.74 Å². The molecule has 2 aromatic heterocycles. The van der Waals surface area contributed by atoms with Crippen molar-refractivity contribution >= 4 is 16.7 Å². The molecule has 0 aliphatic carbocycles. The minimum Gasteiger partial charge on any atom is -0.494 e. The van der Waals surface area contributed by atoms with Crippen molar-refractivity contribution in [1.29, 1.82) is 0 Å². The number of hydrogen-bond donors (Lipinski definition) is 1. The number of rotatable bonds is 5. The topological polar surface area (TPSA) is 72.8 Å². The highest BCUT2D eigenvalue weighted by Crippen LogP contribution is 2.34. The van der Waals surface area contributed by atoms with E-state index in [1.165, 1.54) is 18.5 Å². The summed E-state index contributed by atoms with van der Waals surface area (Å²) in [7, 11) is 1.60. The van der Waals surface area contributed by atoms with Crippen molar-refractivity contribution in [3.63, 3.8) is 0 Å². The minimum absolute atomic E-state index is 0.110. The second-order valence-corrected chi connectivity index (χ2v) is 6.77. The summed E-state index contributed by atoms with van der Waals surface area (Å²) in [5.74, 6) is 1.00. The first-order valence-corrected chi connectivity index (χ1v) is 9.20. The smallest absolute Gasteiger partial charge is 0.145 e. The lowest BCUT2D eigenvalue weighted by atomic mass is 10.0. The first-order chi connectivity index (χ1) is 14.0. The number of ether oxygens (including phenoxy) is 1. The molecule has 2 heterocycles. The molecule has 2 aromatic carbocycles. The molecule has 29 heavy (non-hydrogen) atoms. The number of hydrogen-bond acceptors (Lipinski definition) is 6. The van der Waals surface area contributed by atoms with Crippen LogP contribution in [0.1, 0.15) is 24.4 Å². The Bertz CT molecular complexity index is 1150. The van der Waals surface area contributed by atoms with E-state index in [0.717, 1.165) is 27.9 Å². The standard InChI is InChI=1S/C22H20FN5O/c1-13-4-9-19(28-27-13)14(2)26-22-18-10-16(15-5-7-17(23)8-6-15)11-20(29-3)21(18)24-12-25-22/h4-12,14H,1-3H3,(H,24,25,26)/t14-/m1/s1. The molecule has 146 valence electrons. The van der Waals surface area contributed by atoms with Crippen molar-refractivity contribution in [3.8, 4) is 16.9 Å². The Kier molecular flexibility index (Phi) is 5.03. The summed E-state index contributed by atoms with van der Waals surface area (Å²) in [5.41, 5.74) is 4.12. The Balaban J connectivity index is 1.78. The largest absolute Gasteiger partial charge is 0.494 e. The number of nitrogens with one attached hydrogen (secondary N) is 1. The number of fused-ring (bicyclic) bond motifs is 1. The third-order valence-corrected chi connectivity index (χ3v) is 4.72. The zero-order valence-electron chi connectivity index (χ0n) is 16.3. The molecule has 0 spiro atoms. The van der Waals surface area contributed by atoms with Crippen molar-refractivity contribution < 1.29 is 9.13 Å². The quantitative estimate of drug-likeness (QED) is 0.533. The van der Waals surface area contributed by atoms with Crippen molar-refractivity contribution in [1.82, 2.24) is 20.2 Å². The fourth-order valence-corrected chi connectivity index (χ4v) is 3.13. The van der Waals surface area contributed by atoms with Gasteiger partial charge in [-0.15, -0.1) is 0 Å². The summed E-state index contributed by atoms with van der Waals surface area (Å²) in [6.07, 6.45) is 1.50. The van der Waals surface area contributed by atoms with E-state index in [0.29, 0.717) is 17.1 Å². The molecule has 7 heteroatoms. The summed E-state index contributed by atoms with van der Waals surface area (Å²) in [4.78, 5) is 8.82. The van der Waals surface area contributed by atoms with Crippen LogP contribution in [0.15, 0.2) is 54.9 Å². The Hall–Kier alpha value is -3.61. The van der Waals surface area contributed by atoms with Gasteiger partial charge in [0.1, 0.15) is 29.2 Å². The molecule has 0 bridgehead atoms. The molecule has 1 N–H and O–H groups in total. The number of aromatic nitrogens is 4. The van der Waals surface area contributed by atoms with Gasteiger partial charge in [-0.2, -0.15) is 10.2 Å². The van der Waals surface area contributed by atoms with E-state index in [9.17, 15) is 4.39 Å². The van der Waals surface area contributed by atoms with Crippen LogP contribution in [-0.4, -0.2) is 27.3 Å². The predicted octanol–water partition coefficient (Wildman–Crippen LogP) is 4.72. The molecule has 4 rings (SSSR count). The van der Waals surface area contributed by atoms with Gasteiger partial charge in [0.05, 0.1) is 24.5 Å². The lowest BCUT2D eigenvalue weighted by molar-refractivity contribution is 0.419. The number of halogens is 1. The van der Waals surface area contributed by atoms with Gasteiger partial charge in [-0.1, -0.05) is 12.1 Å². The van der Waals surface area contributed by atoms with E-state index in [-0.39, 0.29) is 11.9 Å². The first-order valence-electron chi connectivity index (χ1n) is 9.20. The van der Waals surface area contributed by atoms with Gasteiger partial charge in [0.15, 0.2) is 0 Å². The summed E-state index contributed by atoms with van der Waals surface area (Å²) in [6, 6.07) is 14.0. The summed E-state index contributed by atoms with van der Waals surface area (Å²) in [5, 5.41) is 12.6. The van der Waals surface area contributed by atoms with Crippen molar-refractivity contribution in [2.24, 2.45) is 0 Å². The summed E-state index contributed by atoms with van der Waals surface area (Å²) < 4.78 is 18.9. The Morgan fingerprint density at radius 2 is 1.76 bits per heavy atom. The average molecular weight is 389 g/mol. The molecule has 0 saturated heterocycles. The molecular formula is C22H20FN5O. The Labute approximate surface area is 167 Å². The van der Waals surface area contributed by atoms with Crippen LogP contribution in [0.25, 0.3) is 22.0 Å². The first kappa shape index (κ1) is 18.7. The molecule has 0 fully saturated rings. The van der Waals surface area contributed by atoms with E-state index in [1.807, 2.05) is 38.1 Å². The number of aryl methyl sites for hydroxylation is 1. The molecule has 1 atom stereocenters. The van der Waals surface area contributed by atoms with Crippen LogP contribution in [0.5, 0.6) is 5.75 Å². The Morgan fingerprint density at radius 1 is 0.966 bits per heavy atom. The van der Waals surface area contributed by atoms with E-state index >= 15 is 0 Å². The fraction of sp³-hybridized carbons (Fsp3) is 0.182. The van der Waals surface area contributed by atoms with Crippen molar-refractivity contribution in [2.45, 2.75) is 19.9 Å². The maximum absolute atomic E-state index is 13.3. The van der Waals surface area contributed by atoms with Gasteiger partial charge in [-0.3, -0.25) is 0 Å².